The summed E-state index contributed by atoms with van der Waals surface area (Å²) in [6, 6.07) is 5.69. The van der Waals surface area contributed by atoms with E-state index >= 15 is 0 Å². The summed E-state index contributed by atoms with van der Waals surface area (Å²) in [5.41, 5.74) is -0.912. The maximum Gasteiger partial charge on any atom is 0.381 e. The van der Waals surface area contributed by atoms with Gasteiger partial charge in [-0.3, -0.25) is 23.7 Å². The van der Waals surface area contributed by atoms with Crippen LogP contribution < -0.4 is 11.2 Å². The van der Waals surface area contributed by atoms with Crippen molar-refractivity contribution in [3.63, 3.8) is 0 Å². The molecule has 0 unspecified atom stereocenters. The first-order valence-corrected chi connectivity index (χ1v) is 9.35. The van der Waals surface area contributed by atoms with Crippen molar-refractivity contribution in [2.75, 3.05) is 13.4 Å². The predicted molar refractivity (Wildman–Crippen MR) is 109 cm³/mol. The number of rotatable bonds is 9. The molecule has 0 fully saturated rings. The molecule has 0 saturated carbocycles. The Bertz CT molecular complexity index is 1070. The Morgan fingerprint density at radius 1 is 1.07 bits per heavy atom. The van der Waals surface area contributed by atoms with Crippen molar-refractivity contribution < 1.29 is 24.2 Å². The number of aromatic nitrogens is 2. The van der Waals surface area contributed by atoms with E-state index < -0.39 is 28.9 Å². The summed E-state index contributed by atoms with van der Waals surface area (Å²) in [6.45, 7) is 5.42. The molecule has 160 valence electrons. The predicted octanol–water partition coefficient (Wildman–Crippen LogP) is 1.23. The number of hydrogen-bond donors (Lipinski definition) is 1. The van der Waals surface area contributed by atoms with Gasteiger partial charge in [0.25, 0.3) is 11.3 Å². The van der Waals surface area contributed by atoms with Gasteiger partial charge < -0.3 is 14.6 Å². The summed E-state index contributed by atoms with van der Waals surface area (Å²) in [5.74, 6) is -2.33. The van der Waals surface area contributed by atoms with Crippen LogP contribution in [-0.2, 0) is 27.4 Å². The number of ketones is 1. The molecule has 0 spiro atoms. The van der Waals surface area contributed by atoms with Crippen LogP contribution in [0.4, 0.5) is 5.69 Å². The molecular formula is C20H23N3O7. The van der Waals surface area contributed by atoms with E-state index in [9.17, 15) is 24.3 Å². The highest BCUT2D eigenvalue weighted by molar-refractivity contribution is 6.40. The molecule has 1 N–H and O–H groups in total. The van der Waals surface area contributed by atoms with Crippen molar-refractivity contribution in [3.05, 3.63) is 56.2 Å². The second-order valence-electron chi connectivity index (χ2n) is 5.99. The lowest BCUT2D eigenvalue weighted by Crippen LogP contribution is -2.41. The minimum absolute atomic E-state index is 0.103. The molecular weight excluding hydrogens is 394 g/mol. The number of ether oxygens (including phenoxy) is 2. The Hall–Kier alpha value is -3.53. The van der Waals surface area contributed by atoms with Crippen molar-refractivity contribution in [1.82, 2.24) is 9.13 Å². The van der Waals surface area contributed by atoms with Crippen molar-refractivity contribution in [1.29, 1.82) is 0 Å². The molecule has 10 nitrogen and oxygen atoms in total. The Balaban J connectivity index is 2.26. The van der Waals surface area contributed by atoms with Crippen LogP contribution in [0.2, 0.25) is 0 Å². The Labute approximate surface area is 172 Å². The Kier molecular flexibility index (Phi) is 7.82. The van der Waals surface area contributed by atoms with Crippen LogP contribution in [0.3, 0.4) is 0 Å². The smallest absolute Gasteiger partial charge is 0.381 e. The van der Waals surface area contributed by atoms with Crippen molar-refractivity contribution in [2.24, 2.45) is 4.99 Å². The van der Waals surface area contributed by atoms with E-state index in [1.54, 1.807) is 20.8 Å². The molecule has 0 saturated heterocycles. The SMILES string of the molecule is CCOCOC(=O)C(=O)c1ccc(N=Cc2c(O)n(CC)c(=O)n(CC)c2=O)cc1. The number of aromatic hydroxyl groups is 1. The van der Waals surface area contributed by atoms with E-state index in [-0.39, 0.29) is 31.0 Å². The molecule has 10 heteroatoms. The summed E-state index contributed by atoms with van der Waals surface area (Å²) in [4.78, 5) is 52.4. The first-order valence-electron chi connectivity index (χ1n) is 9.35. The quantitative estimate of drug-likeness (QED) is 0.162. The van der Waals surface area contributed by atoms with Gasteiger partial charge in [0.15, 0.2) is 6.79 Å². The van der Waals surface area contributed by atoms with Crippen molar-refractivity contribution in [2.45, 2.75) is 33.9 Å². The molecule has 1 aromatic heterocycles. The maximum atomic E-state index is 12.4. The van der Waals surface area contributed by atoms with Gasteiger partial charge in [-0.2, -0.15) is 0 Å². The van der Waals surface area contributed by atoms with E-state index in [0.29, 0.717) is 12.3 Å². The highest BCUT2D eigenvalue weighted by atomic mass is 16.7. The fraction of sp³-hybridized carbons (Fsp3) is 0.350. The lowest BCUT2D eigenvalue weighted by Gasteiger charge is -2.11. The third-order valence-corrected chi connectivity index (χ3v) is 4.20. The fourth-order valence-corrected chi connectivity index (χ4v) is 2.59. The number of aliphatic imine (C=N–C) groups is 1. The number of esters is 1. The summed E-state index contributed by atoms with van der Waals surface area (Å²) >= 11 is 0. The van der Waals surface area contributed by atoms with Crippen molar-refractivity contribution >= 4 is 23.7 Å². The second kappa shape index (κ2) is 10.3. The van der Waals surface area contributed by atoms with Crippen LogP contribution in [0.25, 0.3) is 0 Å². The first kappa shape index (κ1) is 22.8. The minimum Gasteiger partial charge on any atom is -0.494 e. The molecule has 1 heterocycles. The van der Waals surface area contributed by atoms with Gasteiger partial charge in [-0.1, -0.05) is 0 Å². The highest BCUT2D eigenvalue weighted by Gasteiger charge is 2.18. The van der Waals surface area contributed by atoms with E-state index in [0.717, 1.165) is 15.3 Å². The molecule has 0 bridgehead atoms. The Morgan fingerprint density at radius 3 is 2.27 bits per heavy atom. The third-order valence-electron chi connectivity index (χ3n) is 4.20. The van der Waals surface area contributed by atoms with Crippen molar-refractivity contribution in [3.8, 4) is 5.88 Å². The molecule has 0 aliphatic carbocycles. The van der Waals surface area contributed by atoms with Gasteiger partial charge in [0.1, 0.15) is 5.56 Å². The van der Waals surface area contributed by atoms with Gasteiger partial charge in [-0.25, -0.2) is 9.59 Å². The molecule has 2 rings (SSSR count). The highest BCUT2D eigenvalue weighted by Crippen LogP contribution is 2.15. The summed E-state index contributed by atoms with van der Waals surface area (Å²) < 4.78 is 11.6. The topological polar surface area (TPSA) is 129 Å². The largest absolute Gasteiger partial charge is 0.494 e. The zero-order chi connectivity index (χ0) is 22.3. The molecule has 2 aromatic rings. The molecule has 0 radical (unpaired) electrons. The monoisotopic (exact) mass is 417 g/mol. The van der Waals surface area contributed by atoms with Crippen LogP contribution in [-0.4, -0.2) is 45.6 Å². The van der Waals surface area contributed by atoms with E-state index in [1.807, 2.05) is 0 Å². The number of benzene rings is 1. The van der Waals surface area contributed by atoms with Crippen LogP contribution >= 0.6 is 0 Å². The molecule has 0 atom stereocenters. The first-order chi connectivity index (χ1) is 14.3. The average molecular weight is 417 g/mol. The minimum atomic E-state index is -1.04. The molecule has 1 aromatic carbocycles. The second-order valence-corrected chi connectivity index (χ2v) is 5.99. The number of nitrogens with zero attached hydrogens (tertiary/aromatic N) is 3. The van der Waals surface area contributed by atoms with E-state index in [4.69, 9.17) is 4.74 Å². The molecule has 0 aliphatic heterocycles. The van der Waals surface area contributed by atoms with Gasteiger partial charge in [-0.05, 0) is 45.0 Å². The lowest BCUT2D eigenvalue weighted by atomic mass is 10.1. The van der Waals surface area contributed by atoms with Crippen LogP contribution in [0.15, 0.2) is 38.8 Å². The number of carbonyl (C=O) groups is 2. The standard InChI is InChI=1S/C20H23N3O7/c1-4-22-17(25)15(18(26)23(5-2)20(22)28)11-21-14-9-7-13(8-10-14)16(24)19(27)30-12-29-6-3/h7-11,25H,4-6,12H2,1-3H3. The molecule has 0 amide bonds. The number of hydrogen-bond acceptors (Lipinski definition) is 8. The molecule has 0 aliphatic rings. The van der Waals surface area contributed by atoms with Gasteiger partial charge in [0, 0.05) is 31.5 Å². The van der Waals surface area contributed by atoms with Crippen LogP contribution in [0.1, 0.15) is 36.7 Å². The summed E-state index contributed by atoms with van der Waals surface area (Å²) in [7, 11) is 0. The van der Waals surface area contributed by atoms with Gasteiger partial charge in [0.05, 0.1) is 5.69 Å². The normalized spacial score (nSPS) is 11.0. The third kappa shape index (κ3) is 4.90. The van der Waals surface area contributed by atoms with E-state index in [1.165, 1.54) is 24.3 Å². The van der Waals surface area contributed by atoms with Gasteiger partial charge >= 0.3 is 11.7 Å². The Morgan fingerprint density at radius 2 is 1.70 bits per heavy atom. The van der Waals surface area contributed by atoms with Crippen LogP contribution in [0, 0.1) is 0 Å². The zero-order valence-corrected chi connectivity index (χ0v) is 17.0. The van der Waals surface area contributed by atoms with Gasteiger partial charge in [0.2, 0.25) is 5.88 Å². The lowest BCUT2D eigenvalue weighted by molar-refractivity contribution is -0.149. The molecule has 30 heavy (non-hydrogen) atoms. The van der Waals surface area contributed by atoms with E-state index in [2.05, 4.69) is 9.73 Å². The number of carbonyl (C=O) groups excluding carboxylic acids is 2. The maximum absolute atomic E-state index is 12.4. The van der Waals surface area contributed by atoms with Gasteiger partial charge in [-0.15, -0.1) is 0 Å². The fourth-order valence-electron chi connectivity index (χ4n) is 2.59. The zero-order valence-electron chi connectivity index (χ0n) is 17.0. The average Bonchev–Trinajstić information content (AvgIpc) is 2.74. The summed E-state index contributed by atoms with van der Waals surface area (Å²) in [5, 5.41) is 10.3. The summed E-state index contributed by atoms with van der Waals surface area (Å²) in [6.07, 6.45) is 1.16. The number of Topliss-reactive ketones (excluding diaryl/α,β-unsaturated/α-hetero) is 1. The van der Waals surface area contributed by atoms with Crippen LogP contribution in [0.5, 0.6) is 5.88 Å².